The summed E-state index contributed by atoms with van der Waals surface area (Å²) in [6, 6.07) is 3.74. The van der Waals surface area contributed by atoms with Crippen LogP contribution in [0.15, 0.2) is 22.7 Å². The molecule has 0 aliphatic carbocycles. The second-order valence-corrected chi connectivity index (χ2v) is 4.91. The van der Waals surface area contributed by atoms with E-state index in [-0.39, 0.29) is 0 Å². The van der Waals surface area contributed by atoms with Crippen LogP contribution in [-0.4, -0.2) is 28.9 Å². The van der Waals surface area contributed by atoms with Crippen LogP contribution in [0.3, 0.4) is 0 Å². The van der Waals surface area contributed by atoms with Crippen LogP contribution in [0.5, 0.6) is 0 Å². The number of nitrogens with one attached hydrogen (secondary N) is 1. The number of benzene rings is 1. The van der Waals surface area contributed by atoms with E-state index in [0.29, 0.717) is 15.6 Å². The van der Waals surface area contributed by atoms with E-state index in [2.05, 4.69) is 21.2 Å². The van der Waals surface area contributed by atoms with Crippen LogP contribution in [0, 0.1) is 6.92 Å². The Hall–Kier alpha value is -1.89. The van der Waals surface area contributed by atoms with E-state index >= 15 is 0 Å². The molecule has 0 saturated carbocycles. The SMILES string of the molecule is Cc1ccc(Br)cc1C(=O)N[C@H](CC(N)=O)C(=O)O. The maximum Gasteiger partial charge on any atom is 0.326 e. The smallest absolute Gasteiger partial charge is 0.326 e. The third-order valence-corrected chi connectivity index (χ3v) is 2.95. The molecule has 0 aliphatic heterocycles. The van der Waals surface area contributed by atoms with Gasteiger partial charge >= 0.3 is 5.97 Å². The summed E-state index contributed by atoms with van der Waals surface area (Å²) in [5.74, 6) is -2.66. The zero-order chi connectivity index (χ0) is 14.6. The summed E-state index contributed by atoms with van der Waals surface area (Å²) in [4.78, 5) is 33.6. The Morgan fingerprint density at radius 2 is 2.05 bits per heavy atom. The lowest BCUT2D eigenvalue weighted by Gasteiger charge is -2.14. The molecule has 7 heteroatoms. The van der Waals surface area contributed by atoms with Gasteiger partial charge < -0.3 is 16.2 Å². The molecule has 1 aromatic rings. The van der Waals surface area contributed by atoms with Gasteiger partial charge in [0.05, 0.1) is 6.42 Å². The van der Waals surface area contributed by atoms with Crippen LogP contribution in [-0.2, 0) is 9.59 Å². The van der Waals surface area contributed by atoms with Gasteiger partial charge in [-0.25, -0.2) is 4.79 Å². The number of aryl methyl sites for hydroxylation is 1. The molecule has 19 heavy (non-hydrogen) atoms. The largest absolute Gasteiger partial charge is 0.480 e. The number of primary amides is 1. The third kappa shape index (κ3) is 4.36. The molecule has 2 amide bonds. The van der Waals surface area contributed by atoms with Crippen molar-refractivity contribution in [3.05, 3.63) is 33.8 Å². The molecule has 0 saturated heterocycles. The van der Waals surface area contributed by atoms with Crippen LogP contribution >= 0.6 is 15.9 Å². The maximum absolute atomic E-state index is 12.0. The Labute approximate surface area is 118 Å². The van der Waals surface area contributed by atoms with Gasteiger partial charge in [0.25, 0.3) is 5.91 Å². The molecule has 0 aromatic heterocycles. The number of carboxylic acids is 1. The second-order valence-electron chi connectivity index (χ2n) is 3.99. The highest BCUT2D eigenvalue weighted by Crippen LogP contribution is 2.16. The molecule has 0 spiro atoms. The van der Waals surface area contributed by atoms with E-state index in [1.165, 1.54) is 0 Å². The van der Waals surface area contributed by atoms with Gasteiger partial charge in [-0.2, -0.15) is 0 Å². The first-order chi connectivity index (χ1) is 8.81. The van der Waals surface area contributed by atoms with Crippen LogP contribution in [0.25, 0.3) is 0 Å². The molecule has 1 atom stereocenters. The first-order valence-electron chi connectivity index (χ1n) is 5.39. The van der Waals surface area contributed by atoms with E-state index in [9.17, 15) is 14.4 Å². The molecular weight excluding hydrogens is 316 g/mol. The second kappa shape index (κ2) is 6.33. The first kappa shape index (κ1) is 15.2. The van der Waals surface area contributed by atoms with Gasteiger partial charge in [0, 0.05) is 10.0 Å². The number of amides is 2. The fourth-order valence-electron chi connectivity index (χ4n) is 1.48. The molecule has 1 aromatic carbocycles. The maximum atomic E-state index is 12.0. The fraction of sp³-hybridized carbons (Fsp3) is 0.250. The van der Waals surface area contributed by atoms with Crippen molar-refractivity contribution in [2.45, 2.75) is 19.4 Å². The quantitative estimate of drug-likeness (QED) is 0.743. The van der Waals surface area contributed by atoms with Crippen molar-refractivity contribution in [3.8, 4) is 0 Å². The zero-order valence-corrected chi connectivity index (χ0v) is 11.7. The lowest BCUT2D eigenvalue weighted by Crippen LogP contribution is -2.43. The van der Waals surface area contributed by atoms with Crippen molar-refractivity contribution in [2.24, 2.45) is 5.73 Å². The standard InChI is InChI=1S/C12H13BrN2O4/c1-6-2-3-7(13)4-8(6)11(17)15-9(12(18)19)5-10(14)16/h2-4,9H,5H2,1H3,(H2,14,16)(H,15,17)(H,18,19)/t9-/m1/s1. The van der Waals surface area contributed by atoms with Crippen LogP contribution in [0.4, 0.5) is 0 Å². The molecule has 4 N–H and O–H groups in total. The van der Waals surface area contributed by atoms with Crippen LogP contribution < -0.4 is 11.1 Å². The van der Waals surface area contributed by atoms with Gasteiger partial charge in [0.2, 0.25) is 5.91 Å². The van der Waals surface area contributed by atoms with Gasteiger partial charge in [-0.1, -0.05) is 22.0 Å². The first-order valence-corrected chi connectivity index (χ1v) is 6.18. The van der Waals surface area contributed by atoms with Gasteiger partial charge in [-0.15, -0.1) is 0 Å². The zero-order valence-electron chi connectivity index (χ0n) is 10.1. The van der Waals surface area contributed by atoms with Gasteiger partial charge in [0.15, 0.2) is 0 Å². The van der Waals surface area contributed by atoms with Crippen molar-refractivity contribution in [3.63, 3.8) is 0 Å². The predicted molar refractivity (Wildman–Crippen MR) is 71.6 cm³/mol. The third-order valence-electron chi connectivity index (χ3n) is 2.45. The Balaban J connectivity index is 2.90. The molecule has 0 aliphatic rings. The van der Waals surface area contributed by atoms with Gasteiger partial charge in [-0.05, 0) is 24.6 Å². The normalized spacial score (nSPS) is 11.7. The van der Waals surface area contributed by atoms with Gasteiger partial charge in [0.1, 0.15) is 6.04 Å². The average Bonchev–Trinajstić information content (AvgIpc) is 2.30. The highest BCUT2D eigenvalue weighted by molar-refractivity contribution is 9.10. The summed E-state index contributed by atoms with van der Waals surface area (Å²) >= 11 is 3.23. The fourth-order valence-corrected chi connectivity index (χ4v) is 1.84. The molecular formula is C12H13BrN2O4. The van der Waals surface area contributed by atoms with Crippen LogP contribution in [0.1, 0.15) is 22.3 Å². The lowest BCUT2D eigenvalue weighted by atomic mass is 10.1. The topological polar surface area (TPSA) is 109 Å². The Morgan fingerprint density at radius 1 is 1.42 bits per heavy atom. The minimum absolute atomic E-state index is 0.338. The molecule has 102 valence electrons. The molecule has 6 nitrogen and oxygen atoms in total. The number of aliphatic carboxylic acids is 1. The molecule has 1 rings (SSSR count). The Bertz CT molecular complexity index is 530. The minimum Gasteiger partial charge on any atom is -0.480 e. The van der Waals surface area contributed by atoms with E-state index in [1.54, 1.807) is 25.1 Å². The average molecular weight is 329 g/mol. The lowest BCUT2D eigenvalue weighted by molar-refractivity contribution is -0.140. The van der Waals surface area contributed by atoms with Crippen molar-refractivity contribution in [1.82, 2.24) is 5.32 Å². The summed E-state index contributed by atoms with van der Waals surface area (Å²) in [7, 11) is 0. The molecule has 0 unspecified atom stereocenters. The number of carbonyl (C=O) groups is 3. The van der Waals surface area contributed by atoms with Gasteiger partial charge in [-0.3, -0.25) is 9.59 Å². The number of carbonyl (C=O) groups excluding carboxylic acids is 2. The van der Waals surface area contributed by atoms with Crippen molar-refractivity contribution < 1.29 is 19.5 Å². The highest BCUT2D eigenvalue weighted by atomic mass is 79.9. The molecule has 0 bridgehead atoms. The van der Waals surface area contributed by atoms with E-state index in [0.717, 1.165) is 0 Å². The number of halogens is 1. The molecule has 0 radical (unpaired) electrons. The molecule has 0 fully saturated rings. The summed E-state index contributed by atoms with van der Waals surface area (Å²) in [5, 5.41) is 11.2. The van der Waals surface area contributed by atoms with E-state index in [1.807, 2.05) is 0 Å². The Morgan fingerprint density at radius 3 is 2.58 bits per heavy atom. The van der Waals surface area contributed by atoms with E-state index in [4.69, 9.17) is 10.8 Å². The number of nitrogens with two attached hydrogens (primary N) is 1. The number of carboxylic acid groups (broad SMARTS) is 1. The number of hydrogen-bond donors (Lipinski definition) is 3. The van der Waals surface area contributed by atoms with E-state index < -0.39 is 30.2 Å². The van der Waals surface area contributed by atoms with Crippen molar-refractivity contribution in [2.75, 3.05) is 0 Å². The highest BCUT2D eigenvalue weighted by Gasteiger charge is 2.23. The monoisotopic (exact) mass is 328 g/mol. The van der Waals surface area contributed by atoms with Crippen LogP contribution in [0.2, 0.25) is 0 Å². The Kier molecular flexibility index (Phi) is 5.05. The predicted octanol–water partition coefficient (Wildman–Crippen LogP) is 0.816. The molecule has 0 heterocycles. The summed E-state index contributed by atoms with van der Waals surface area (Å²) < 4.78 is 0.699. The minimum atomic E-state index is -1.33. The van der Waals surface area contributed by atoms with Crippen molar-refractivity contribution >= 4 is 33.7 Å². The number of hydrogen-bond acceptors (Lipinski definition) is 3. The van der Waals surface area contributed by atoms with Crippen molar-refractivity contribution in [1.29, 1.82) is 0 Å². The summed E-state index contributed by atoms with van der Waals surface area (Å²) in [6.07, 6.45) is -0.450. The summed E-state index contributed by atoms with van der Waals surface area (Å²) in [6.45, 7) is 1.73. The number of rotatable bonds is 5. The summed E-state index contributed by atoms with van der Waals surface area (Å²) in [5.41, 5.74) is 5.97.